The zero-order chi connectivity index (χ0) is 17.4. The molecule has 126 valence electrons. The highest BCUT2D eigenvalue weighted by Crippen LogP contribution is 2.33. The third-order valence-electron chi connectivity index (χ3n) is 3.75. The molecule has 3 aromatic rings. The molecule has 0 amide bonds. The molecule has 1 aromatic carbocycles. The van der Waals surface area contributed by atoms with E-state index >= 15 is 0 Å². The molecule has 0 atom stereocenters. The number of nitrogens with zero attached hydrogens (tertiary/aromatic N) is 4. The summed E-state index contributed by atoms with van der Waals surface area (Å²) in [4.78, 5) is 12.8. The van der Waals surface area contributed by atoms with Crippen molar-refractivity contribution in [2.24, 2.45) is 0 Å². The smallest absolute Gasteiger partial charge is 0.267 e. The van der Waals surface area contributed by atoms with Crippen molar-refractivity contribution in [1.29, 1.82) is 0 Å². The van der Waals surface area contributed by atoms with E-state index in [0.717, 1.165) is 5.56 Å². The van der Waals surface area contributed by atoms with Crippen LogP contribution in [-0.4, -0.2) is 23.4 Å². The molecular weight excluding hydrogens is 340 g/mol. The maximum atomic E-state index is 12.8. The van der Waals surface area contributed by atoms with Gasteiger partial charge in [0, 0.05) is 18.0 Å². The van der Waals surface area contributed by atoms with E-state index in [0.29, 0.717) is 11.4 Å². The van der Waals surface area contributed by atoms with Crippen LogP contribution in [0.25, 0.3) is 0 Å². The van der Waals surface area contributed by atoms with E-state index in [1.54, 1.807) is 55.7 Å². The van der Waals surface area contributed by atoms with E-state index in [-0.39, 0.29) is 23.3 Å². The molecule has 0 bridgehead atoms. The Balaban J connectivity index is 1.72. The van der Waals surface area contributed by atoms with Crippen LogP contribution in [0.3, 0.4) is 0 Å². The fourth-order valence-corrected chi connectivity index (χ4v) is 4.20. The Hall–Kier alpha value is -3.00. The van der Waals surface area contributed by atoms with Gasteiger partial charge in [-0.25, -0.2) is 17.7 Å². The minimum absolute atomic E-state index is 0.0927. The zero-order valence-electron chi connectivity index (χ0n) is 13.3. The molecule has 0 radical (unpaired) electrons. The number of aryl methyl sites for hydroxylation is 1. The van der Waals surface area contributed by atoms with Crippen molar-refractivity contribution in [2.45, 2.75) is 18.4 Å². The van der Waals surface area contributed by atoms with Crippen molar-refractivity contribution < 1.29 is 13.2 Å². The number of aromatic nitrogens is 3. The molecule has 0 aliphatic carbocycles. The topological polar surface area (TPSA) is 85.3 Å². The second kappa shape index (κ2) is 5.82. The lowest BCUT2D eigenvalue weighted by Crippen LogP contribution is -2.26. The quantitative estimate of drug-likeness (QED) is 0.719. The van der Waals surface area contributed by atoms with E-state index in [2.05, 4.69) is 15.0 Å². The Morgan fingerprint density at radius 1 is 1.12 bits per heavy atom. The lowest BCUT2D eigenvalue weighted by atomic mass is 10.2. The molecule has 0 saturated heterocycles. The number of hydrogen-bond donors (Lipinski definition) is 0. The molecule has 0 unspecified atom stereocenters. The number of anilines is 1. The van der Waals surface area contributed by atoms with Crippen LogP contribution in [0.4, 0.5) is 5.95 Å². The molecule has 0 N–H and O–H groups in total. The molecule has 2 aromatic heterocycles. The fourth-order valence-electron chi connectivity index (χ4n) is 2.64. The van der Waals surface area contributed by atoms with Crippen molar-refractivity contribution >= 4 is 16.0 Å². The van der Waals surface area contributed by atoms with Gasteiger partial charge in [0.2, 0.25) is 11.8 Å². The highest BCUT2D eigenvalue weighted by atomic mass is 32.2. The maximum Gasteiger partial charge on any atom is 0.267 e. The van der Waals surface area contributed by atoms with Gasteiger partial charge in [-0.2, -0.15) is 4.98 Å². The average molecular weight is 354 g/mol. The molecule has 3 heterocycles. The van der Waals surface area contributed by atoms with Crippen molar-refractivity contribution in [3.63, 3.8) is 0 Å². The summed E-state index contributed by atoms with van der Waals surface area (Å²) in [6, 6.07) is 12.0. The Morgan fingerprint density at radius 2 is 1.96 bits per heavy atom. The lowest BCUT2D eigenvalue weighted by Gasteiger charge is -2.16. The Labute approximate surface area is 145 Å². The monoisotopic (exact) mass is 354 g/mol. The molecular formula is C17H14N4O3S. The van der Waals surface area contributed by atoms with Crippen LogP contribution in [0.1, 0.15) is 11.3 Å². The third-order valence-corrected chi connectivity index (χ3v) is 5.58. The van der Waals surface area contributed by atoms with Crippen LogP contribution in [-0.2, 0) is 16.6 Å². The summed E-state index contributed by atoms with van der Waals surface area (Å²) >= 11 is 0. The van der Waals surface area contributed by atoms with Gasteiger partial charge in [0.1, 0.15) is 5.75 Å². The first kappa shape index (κ1) is 15.5. The number of rotatable bonds is 3. The second-order valence-corrected chi connectivity index (χ2v) is 7.39. The summed E-state index contributed by atoms with van der Waals surface area (Å²) in [5.74, 6) is 0.871. The van der Waals surface area contributed by atoms with Gasteiger partial charge >= 0.3 is 0 Å². The van der Waals surface area contributed by atoms with Gasteiger partial charge in [-0.05, 0) is 30.7 Å². The Kier molecular flexibility index (Phi) is 3.61. The van der Waals surface area contributed by atoms with E-state index in [1.807, 2.05) is 6.07 Å². The maximum absolute atomic E-state index is 12.8. The van der Waals surface area contributed by atoms with Crippen molar-refractivity contribution in [3.8, 4) is 11.6 Å². The number of pyridine rings is 1. The van der Waals surface area contributed by atoms with E-state index in [1.165, 1.54) is 4.31 Å². The largest absolute Gasteiger partial charge is 0.437 e. The number of ether oxygens (including phenoxy) is 1. The van der Waals surface area contributed by atoms with Gasteiger partial charge in [0.05, 0.1) is 17.6 Å². The molecule has 8 heteroatoms. The predicted molar refractivity (Wildman–Crippen MR) is 90.9 cm³/mol. The van der Waals surface area contributed by atoms with Gasteiger partial charge in [0.25, 0.3) is 10.0 Å². The highest BCUT2D eigenvalue weighted by molar-refractivity contribution is 7.93. The number of benzene rings is 1. The lowest BCUT2D eigenvalue weighted by molar-refractivity contribution is 0.459. The number of hydrogen-bond acceptors (Lipinski definition) is 6. The van der Waals surface area contributed by atoms with Gasteiger partial charge in [0.15, 0.2) is 0 Å². The summed E-state index contributed by atoms with van der Waals surface area (Å²) in [5.41, 5.74) is 1.33. The summed E-state index contributed by atoms with van der Waals surface area (Å²) in [6.07, 6.45) is 3.19. The summed E-state index contributed by atoms with van der Waals surface area (Å²) in [7, 11) is -3.67. The first-order chi connectivity index (χ1) is 12.0. The molecule has 1 aliphatic heterocycles. The fraction of sp³-hybridized carbons (Fsp3) is 0.118. The molecule has 0 saturated carbocycles. The Morgan fingerprint density at radius 3 is 2.72 bits per heavy atom. The normalized spacial score (nSPS) is 15.0. The highest BCUT2D eigenvalue weighted by Gasteiger charge is 2.36. The van der Waals surface area contributed by atoms with Crippen LogP contribution in [0.15, 0.2) is 59.8 Å². The summed E-state index contributed by atoms with van der Waals surface area (Å²) in [5, 5.41) is 0. The molecule has 7 nitrogen and oxygen atoms in total. The minimum atomic E-state index is -3.67. The first-order valence-corrected chi connectivity index (χ1v) is 9.02. The summed E-state index contributed by atoms with van der Waals surface area (Å²) < 4.78 is 32.4. The van der Waals surface area contributed by atoms with Crippen LogP contribution in [0.5, 0.6) is 11.6 Å². The van der Waals surface area contributed by atoms with Gasteiger partial charge in [-0.1, -0.05) is 18.2 Å². The third kappa shape index (κ3) is 2.80. The van der Waals surface area contributed by atoms with Gasteiger partial charge < -0.3 is 4.74 Å². The van der Waals surface area contributed by atoms with E-state index in [9.17, 15) is 8.42 Å². The SMILES string of the molecule is Cc1cc(Oc2cccnc2)nc(N2Cc3ccccc3S2(=O)=O)n1. The molecule has 4 rings (SSSR count). The van der Waals surface area contributed by atoms with Crippen LogP contribution in [0.2, 0.25) is 0 Å². The van der Waals surface area contributed by atoms with E-state index in [4.69, 9.17) is 4.74 Å². The first-order valence-electron chi connectivity index (χ1n) is 7.58. The van der Waals surface area contributed by atoms with Gasteiger partial charge in [-0.15, -0.1) is 0 Å². The zero-order valence-corrected chi connectivity index (χ0v) is 14.1. The number of sulfonamides is 1. The van der Waals surface area contributed by atoms with Crippen molar-refractivity contribution in [1.82, 2.24) is 15.0 Å². The molecule has 0 spiro atoms. The van der Waals surface area contributed by atoms with E-state index < -0.39 is 10.0 Å². The van der Waals surface area contributed by atoms with Crippen molar-refractivity contribution in [2.75, 3.05) is 4.31 Å². The van der Waals surface area contributed by atoms with Crippen molar-refractivity contribution in [3.05, 3.63) is 66.1 Å². The Bertz CT molecular complexity index is 1040. The average Bonchev–Trinajstić information content (AvgIpc) is 2.87. The number of fused-ring (bicyclic) bond motifs is 1. The molecule has 1 aliphatic rings. The van der Waals surface area contributed by atoms with Crippen LogP contribution in [0, 0.1) is 6.92 Å². The van der Waals surface area contributed by atoms with Crippen LogP contribution >= 0.6 is 0 Å². The van der Waals surface area contributed by atoms with Gasteiger partial charge in [-0.3, -0.25) is 4.98 Å². The van der Waals surface area contributed by atoms with Crippen LogP contribution < -0.4 is 9.04 Å². The standard InChI is InChI=1S/C17H14N4O3S/c1-12-9-16(24-14-6-4-8-18-10-14)20-17(19-12)21-11-13-5-2-3-7-15(13)25(21,22)23/h2-10H,11H2,1H3. The molecule has 25 heavy (non-hydrogen) atoms. The minimum Gasteiger partial charge on any atom is -0.437 e. The summed E-state index contributed by atoms with van der Waals surface area (Å²) in [6.45, 7) is 1.96. The predicted octanol–water partition coefficient (Wildman–Crippen LogP) is 2.68. The molecule has 0 fully saturated rings. The second-order valence-electron chi connectivity index (χ2n) is 5.56.